The second-order valence-electron chi connectivity index (χ2n) is 6.37. The van der Waals surface area contributed by atoms with Crippen LogP contribution < -0.4 is 0 Å². The van der Waals surface area contributed by atoms with Gasteiger partial charge in [-0.1, -0.05) is 61.6 Å². The van der Waals surface area contributed by atoms with Crippen molar-refractivity contribution in [1.29, 1.82) is 0 Å². The third-order valence-electron chi connectivity index (χ3n) is 3.21. The molecule has 0 fully saturated rings. The molecule has 0 aromatic rings. The molecule has 8 heteroatoms. The van der Waals surface area contributed by atoms with Crippen LogP contribution in [0.5, 0.6) is 0 Å². The minimum atomic E-state index is -0.930. The summed E-state index contributed by atoms with van der Waals surface area (Å²) in [7, 11) is 6.25. The molecule has 0 N–H and O–H groups in total. The largest absolute Gasteiger partial charge is 0.186 e. The molecular weight excluding hydrogens is 417 g/mol. The molecule has 0 aliphatic carbocycles. The molecule has 0 saturated carbocycles. The van der Waals surface area contributed by atoms with E-state index in [2.05, 4.69) is 84.0 Å². The summed E-state index contributed by atoms with van der Waals surface area (Å²) < 4.78 is 0. The van der Waals surface area contributed by atoms with E-state index >= 15 is 0 Å². The van der Waals surface area contributed by atoms with E-state index in [-0.39, 0.29) is 0 Å². The molecule has 0 aromatic heterocycles. The van der Waals surface area contributed by atoms with Crippen LogP contribution >= 0.6 is 63.7 Å². The Hall–Kier alpha value is 2.53. The van der Waals surface area contributed by atoms with Gasteiger partial charge in [-0.2, -0.15) is 22.4 Å². The Morgan fingerprint density at radius 2 is 1.00 bits per heavy atom. The summed E-state index contributed by atoms with van der Waals surface area (Å²) in [5, 5.41) is 0. The van der Waals surface area contributed by atoms with Crippen LogP contribution in [0.3, 0.4) is 0 Å². The summed E-state index contributed by atoms with van der Waals surface area (Å²) >= 11 is 4.46. The van der Waals surface area contributed by atoms with Gasteiger partial charge >= 0.3 is 0 Å². The molecule has 0 atom stereocenters. The molecule has 0 unspecified atom stereocenters. The van der Waals surface area contributed by atoms with Gasteiger partial charge in [-0.25, -0.2) is 0 Å². The molecule has 22 heavy (non-hydrogen) atoms. The summed E-state index contributed by atoms with van der Waals surface area (Å²) in [6, 6.07) is 2.96. The predicted octanol–water partition coefficient (Wildman–Crippen LogP) is 8.36. The van der Waals surface area contributed by atoms with Gasteiger partial charge in [-0.15, -0.1) is 0 Å². The molecule has 0 bridgehead atoms. The van der Waals surface area contributed by atoms with Crippen LogP contribution in [0, 0.1) is 0 Å². The average molecular weight is 451 g/mol. The van der Waals surface area contributed by atoms with Gasteiger partial charge < -0.3 is 0 Å². The predicted molar refractivity (Wildman–Crippen MR) is 130 cm³/mol. The van der Waals surface area contributed by atoms with Gasteiger partial charge in [0.05, 0.1) is 0 Å². The highest BCUT2D eigenvalue weighted by molar-refractivity contribution is 9.26. The van der Waals surface area contributed by atoms with Gasteiger partial charge in [-0.05, 0) is 56.1 Å². The Bertz CT molecular complexity index is 238. The first kappa shape index (κ1) is 24.5. The zero-order valence-electron chi connectivity index (χ0n) is 15.1. The quantitative estimate of drug-likeness (QED) is 0.138. The fourth-order valence-electron chi connectivity index (χ4n) is 2.15. The summed E-state index contributed by atoms with van der Waals surface area (Å²) in [5.41, 5.74) is 0. The molecule has 0 amide bonds. The lowest BCUT2D eigenvalue weighted by Gasteiger charge is -2.20. The zero-order valence-corrected chi connectivity index (χ0v) is 22.0. The first-order valence-corrected chi connectivity index (χ1v) is 23.2. The van der Waals surface area contributed by atoms with E-state index in [0.29, 0.717) is 0 Å². The first-order chi connectivity index (χ1) is 10.3. The van der Waals surface area contributed by atoms with Crippen LogP contribution in [0.25, 0.3) is 0 Å². The van der Waals surface area contributed by atoms with Crippen molar-refractivity contribution in [2.24, 2.45) is 0 Å². The van der Waals surface area contributed by atoms with Crippen LogP contribution in [0.2, 0.25) is 38.3 Å². The highest BCUT2D eigenvalue weighted by atomic mass is 33.7. The van der Waals surface area contributed by atoms with Crippen LogP contribution in [0.15, 0.2) is 0 Å². The molecule has 0 nitrogen and oxygen atoms in total. The van der Waals surface area contributed by atoms with Crippen LogP contribution in [0.1, 0.15) is 26.7 Å². The minimum absolute atomic E-state index is 0.930. The fourth-order valence-corrected chi connectivity index (χ4v) is 19.1. The molecule has 0 aliphatic rings. The SMILES string of the molecule is CCS[Si](C)(C)CCCSSSSCCC[Si](C)(C)SCC. The van der Waals surface area contributed by atoms with E-state index in [4.69, 9.17) is 0 Å². The molecule has 0 spiro atoms. The van der Waals surface area contributed by atoms with Crippen molar-refractivity contribution < 1.29 is 0 Å². The van der Waals surface area contributed by atoms with Crippen LogP contribution in [0.4, 0.5) is 0 Å². The molecule has 0 heterocycles. The van der Waals surface area contributed by atoms with E-state index < -0.39 is 14.4 Å². The van der Waals surface area contributed by atoms with Gasteiger partial charge in [0.25, 0.3) is 0 Å². The average Bonchev–Trinajstić information content (AvgIpc) is 2.40. The lowest BCUT2D eigenvalue weighted by atomic mass is 10.6. The maximum absolute atomic E-state index is 2.52. The highest BCUT2D eigenvalue weighted by Crippen LogP contribution is 2.44. The Morgan fingerprint density at radius 1 is 0.636 bits per heavy atom. The van der Waals surface area contributed by atoms with Crippen molar-refractivity contribution >= 4 is 78.1 Å². The van der Waals surface area contributed by atoms with Crippen molar-refractivity contribution in [3.05, 3.63) is 0 Å². The topological polar surface area (TPSA) is 0 Å². The normalized spacial score (nSPS) is 12.8. The second kappa shape index (κ2) is 14.7. The smallest absolute Gasteiger partial charge is 0.111 e. The van der Waals surface area contributed by atoms with Crippen molar-refractivity contribution in [2.45, 2.75) is 65.0 Å². The zero-order chi connectivity index (χ0) is 16.9. The van der Waals surface area contributed by atoms with E-state index in [1.165, 1.54) is 47.9 Å². The Morgan fingerprint density at radius 3 is 1.32 bits per heavy atom. The van der Waals surface area contributed by atoms with Gasteiger partial charge in [0.2, 0.25) is 0 Å². The summed E-state index contributed by atoms with van der Waals surface area (Å²) in [5.74, 6) is 5.24. The minimum Gasteiger partial charge on any atom is -0.186 e. The lowest BCUT2D eigenvalue weighted by Crippen LogP contribution is -2.20. The molecule has 0 saturated heterocycles. The standard InChI is InChI=1S/C14H34S6Si2/c1-7-17-21(3,4)13-9-11-15-19-20-16-12-10-14-22(5,6)18-8-2/h7-14H2,1-6H3. The summed E-state index contributed by atoms with van der Waals surface area (Å²) in [6.07, 6.45) is 2.81. The van der Waals surface area contributed by atoms with Crippen LogP contribution in [-0.4, -0.2) is 37.5 Å². The number of rotatable bonds is 15. The summed E-state index contributed by atoms with van der Waals surface area (Å²) in [4.78, 5) is 0. The van der Waals surface area contributed by atoms with E-state index in [0.717, 1.165) is 0 Å². The molecule has 0 aromatic carbocycles. The van der Waals surface area contributed by atoms with Crippen molar-refractivity contribution in [3.8, 4) is 0 Å². The highest BCUT2D eigenvalue weighted by Gasteiger charge is 2.20. The summed E-state index contributed by atoms with van der Waals surface area (Å²) in [6.45, 7) is 14.7. The van der Waals surface area contributed by atoms with Gasteiger partial charge in [0.15, 0.2) is 0 Å². The number of hydrogen-bond acceptors (Lipinski definition) is 6. The van der Waals surface area contributed by atoms with Gasteiger partial charge in [-0.3, -0.25) is 0 Å². The van der Waals surface area contributed by atoms with E-state index in [9.17, 15) is 0 Å². The van der Waals surface area contributed by atoms with Crippen molar-refractivity contribution in [2.75, 3.05) is 23.0 Å². The third kappa shape index (κ3) is 16.0. The maximum Gasteiger partial charge on any atom is 0.111 e. The van der Waals surface area contributed by atoms with E-state index in [1.807, 2.05) is 19.7 Å². The van der Waals surface area contributed by atoms with Gasteiger partial charge in [0, 0.05) is 11.5 Å². The molecule has 134 valence electrons. The van der Waals surface area contributed by atoms with Crippen molar-refractivity contribution in [1.82, 2.24) is 0 Å². The molecular formula is C14H34S6Si2. The fraction of sp³-hybridized carbons (Fsp3) is 1.00. The first-order valence-electron chi connectivity index (χ1n) is 8.18. The molecule has 0 aliphatic heterocycles. The van der Waals surface area contributed by atoms with E-state index in [1.54, 1.807) is 0 Å². The van der Waals surface area contributed by atoms with Gasteiger partial charge in [0.1, 0.15) is 14.4 Å². The second-order valence-corrected chi connectivity index (χ2v) is 30.7. The Balaban J connectivity index is 3.34. The molecule has 0 radical (unpaired) electrons. The molecule has 0 rings (SSSR count). The third-order valence-corrected chi connectivity index (χ3v) is 22.7. The van der Waals surface area contributed by atoms with Crippen molar-refractivity contribution in [3.63, 3.8) is 0 Å². The monoisotopic (exact) mass is 450 g/mol. The van der Waals surface area contributed by atoms with Crippen LogP contribution in [-0.2, 0) is 0 Å². The Labute approximate surface area is 164 Å². The maximum atomic E-state index is 2.52. The lowest BCUT2D eigenvalue weighted by molar-refractivity contribution is 1.08. The Kier molecular flexibility index (Phi) is 16.4. The number of hydrogen-bond donors (Lipinski definition) is 0.